The smallest absolute Gasteiger partial charge is 0.410 e. The van der Waals surface area contributed by atoms with Gasteiger partial charge in [0.2, 0.25) is 0 Å². The molecule has 6 heteroatoms. The Bertz CT molecular complexity index is 341. The van der Waals surface area contributed by atoms with E-state index < -0.39 is 5.60 Å². The normalized spacial score (nSPS) is 16.5. The van der Waals surface area contributed by atoms with Crippen LogP contribution >= 0.6 is 0 Å². The summed E-state index contributed by atoms with van der Waals surface area (Å²) < 4.78 is 10.7. The van der Waals surface area contributed by atoms with Gasteiger partial charge in [-0.3, -0.25) is 4.90 Å². The summed E-state index contributed by atoms with van der Waals surface area (Å²) in [5.41, 5.74) is -0.513. The highest BCUT2D eigenvalue weighted by Gasteiger charge is 2.22. The van der Waals surface area contributed by atoms with E-state index >= 15 is 0 Å². The topological polar surface area (TPSA) is 65.8 Å². The zero-order valence-electron chi connectivity index (χ0n) is 12.7. The van der Waals surface area contributed by atoms with Crippen molar-refractivity contribution in [3.8, 4) is 6.07 Å². The van der Waals surface area contributed by atoms with Crippen molar-refractivity contribution in [2.45, 2.75) is 32.8 Å². The van der Waals surface area contributed by atoms with E-state index in [0.29, 0.717) is 19.5 Å². The molecule has 1 saturated heterocycles. The standard InChI is InChI=1S/C14H25N3O3/c1-14(2,3)20-13(18)17(6-4-5-15)8-7-16-9-11-19-12-10-16/h4,6-12H2,1-3H3. The third kappa shape index (κ3) is 6.73. The maximum absolute atomic E-state index is 12.1. The molecule has 0 atom stereocenters. The number of rotatable bonds is 5. The van der Waals surface area contributed by atoms with E-state index in [2.05, 4.69) is 11.0 Å². The molecule has 114 valence electrons. The molecule has 0 radical (unpaired) electrons. The predicted octanol–water partition coefficient (Wildman–Crippen LogP) is 1.47. The molecule has 1 amide bonds. The summed E-state index contributed by atoms with van der Waals surface area (Å²) in [5.74, 6) is 0. The van der Waals surface area contributed by atoms with Crippen LogP contribution in [-0.2, 0) is 9.47 Å². The first-order valence-corrected chi connectivity index (χ1v) is 7.07. The maximum Gasteiger partial charge on any atom is 0.410 e. The number of carbonyl (C=O) groups is 1. The highest BCUT2D eigenvalue weighted by molar-refractivity contribution is 5.68. The van der Waals surface area contributed by atoms with Crippen LogP contribution in [0.2, 0.25) is 0 Å². The molecule has 0 aromatic carbocycles. The van der Waals surface area contributed by atoms with Crippen LogP contribution < -0.4 is 0 Å². The van der Waals surface area contributed by atoms with Gasteiger partial charge in [-0.15, -0.1) is 0 Å². The number of nitriles is 1. The van der Waals surface area contributed by atoms with Crippen LogP contribution in [0.1, 0.15) is 27.2 Å². The largest absolute Gasteiger partial charge is 0.444 e. The van der Waals surface area contributed by atoms with E-state index in [1.54, 1.807) is 4.90 Å². The van der Waals surface area contributed by atoms with Gasteiger partial charge in [0.15, 0.2) is 0 Å². The van der Waals surface area contributed by atoms with Gasteiger partial charge in [-0.25, -0.2) is 4.79 Å². The van der Waals surface area contributed by atoms with Crippen molar-refractivity contribution >= 4 is 6.09 Å². The van der Waals surface area contributed by atoms with Gasteiger partial charge in [0, 0.05) is 32.7 Å². The first kappa shape index (κ1) is 16.7. The third-order valence-corrected chi connectivity index (χ3v) is 2.94. The molecule has 0 aromatic rings. The van der Waals surface area contributed by atoms with E-state index in [-0.39, 0.29) is 6.09 Å². The fourth-order valence-corrected chi connectivity index (χ4v) is 1.89. The minimum atomic E-state index is -0.513. The Kier molecular flexibility index (Phi) is 6.76. The average Bonchev–Trinajstić information content (AvgIpc) is 2.38. The number of morpholine rings is 1. The minimum absolute atomic E-state index is 0.322. The molecule has 0 unspecified atom stereocenters. The van der Waals surface area contributed by atoms with Crippen molar-refractivity contribution < 1.29 is 14.3 Å². The lowest BCUT2D eigenvalue weighted by molar-refractivity contribution is 0.0148. The zero-order valence-corrected chi connectivity index (χ0v) is 12.7. The van der Waals surface area contributed by atoms with Crippen molar-refractivity contribution in [3.63, 3.8) is 0 Å². The van der Waals surface area contributed by atoms with Crippen molar-refractivity contribution in [3.05, 3.63) is 0 Å². The summed E-state index contributed by atoms with van der Waals surface area (Å²) in [6.07, 6.45) is -0.0245. The second-order valence-corrected chi connectivity index (χ2v) is 5.83. The zero-order chi connectivity index (χ0) is 15.0. The van der Waals surface area contributed by atoms with Crippen LogP contribution in [0.5, 0.6) is 0 Å². The molecule has 1 fully saturated rings. The third-order valence-electron chi connectivity index (χ3n) is 2.94. The highest BCUT2D eigenvalue weighted by atomic mass is 16.6. The Morgan fingerprint density at radius 1 is 1.35 bits per heavy atom. The van der Waals surface area contributed by atoms with E-state index in [9.17, 15) is 4.79 Å². The molecule has 1 aliphatic heterocycles. The van der Waals surface area contributed by atoms with Gasteiger partial charge in [0.25, 0.3) is 0 Å². The molecule has 0 N–H and O–H groups in total. The first-order valence-electron chi connectivity index (χ1n) is 7.07. The maximum atomic E-state index is 12.1. The Morgan fingerprint density at radius 3 is 2.55 bits per heavy atom. The van der Waals surface area contributed by atoms with Gasteiger partial charge >= 0.3 is 6.09 Å². The minimum Gasteiger partial charge on any atom is -0.444 e. The van der Waals surface area contributed by atoms with Crippen LogP contribution in [0.15, 0.2) is 0 Å². The number of hydrogen-bond donors (Lipinski definition) is 0. The van der Waals surface area contributed by atoms with Gasteiger partial charge in [-0.1, -0.05) is 0 Å². The summed E-state index contributed by atoms with van der Waals surface area (Å²) >= 11 is 0. The van der Waals surface area contributed by atoms with Crippen molar-refractivity contribution in [1.82, 2.24) is 9.80 Å². The number of carbonyl (C=O) groups excluding carboxylic acids is 1. The number of nitrogens with zero attached hydrogens (tertiary/aromatic N) is 3. The Hall–Kier alpha value is -1.32. The Balaban J connectivity index is 2.45. The molecule has 0 saturated carbocycles. The summed E-state index contributed by atoms with van der Waals surface area (Å²) in [4.78, 5) is 16.0. The molecule has 0 aliphatic carbocycles. The average molecular weight is 283 g/mol. The van der Waals surface area contributed by atoms with Gasteiger partial charge in [0.05, 0.1) is 25.7 Å². The summed E-state index contributed by atoms with van der Waals surface area (Å²) in [6.45, 7) is 10.6. The lowest BCUT2D eigenvalue weighted by atomic mass is 10.2. The molecule has 0 bridgehead atoms. The van der Waals surface area contributed by atoms with Crippen LogP contribution in [0.25, 0.3) is 0 Å². The fraction of sp³-hybridized carbons (Fsp3) is 0.857. The molecule has 1 aliphatic rings. The first-order chi connectivity index (χ1) is 9.42. The van der Waals surface area contributed by atoms with Crippen LogP contribution in [0.3, 0.4) is 0 Å². The second kappa shape index (κ2) is 8.08. The Morgan fingerprint density at radius 2 is 2.00 bits per heavy atom. The monoisotopic (exact) mass is 283 g/mol. The van der Waals surface area contributed by atoms with E-state index in [0.717, 1.165) is 32.8 Å². The number of ether oxygens (including phenoxy) is 2. The van der Waals surface area contributed by atoms with Crippen LogP contribution in [0.4, 0.5) is 4.79 Å². The lowest BCUT2D eigenvalue weighted by Crippen LogP contribution is -2.44. The Labute approximate surface area is 121 Å². The fourth-order valence-electron chi connectivity index (χ4n) is 1.89. The quantitative estimate of drug-likeness (QED) is 0.764. The van der Waals surface area contributed by atoms with E-state index in [1.165, 1.54) is 0 Å². The molecular formula is C14H25N3O3. The predicted molar refractivity (Wildman–Crippen MR) is 75.3 cm³/mol. The molecule has 1 heterocycles. The van der Waals surface area contributed by atoms with Crippen LogP contribution in [-0.4, -0.2) is 67.4 Å². The van der Waals surface area contributed by atoms with E-state index in [4.69, 9.17) is 14.7 Å². The molecule has 0 aromatic heterocycles. The van der Waals surface area contributed by atoms with Gasteiger partial charge < -0.3 is 14.4 Å². The second-order valence-electron chi connectivity index (χ2n) is 5.83. The van der Waals surface area contributed by atoms with Crippen molar-refractivity contribution in [2.24, 2.45) is 0 Å². The van der Waals surface area contributed by atoms with Gasteiger partial charge in [-0.05, 0) is 20.8 Å². The van der Waals surface area contributed by atoms with Crippen LogP contribution in [0, 0.1) is 11.3 Å². The summed E-state index contributed by atoms with van der Waals surface area (Å²) in [6, 6.07) is 2.07. The number of amides is 1. The van der Waals surface area contributed by atoms with Gasteiger partial charge in [0.1, 0.15) is 5.60 Å². The molecule has 20 heavy (non-hydrogen) atoms. The molecular weight excluding hydrogens is 258 g/mol. The van der Waals surface area contributed by atoms with Crippen molar-refractivity contribution in [2.75, 3.05) is 45.9 Å². The van der Waals surface area contributed by atoms with Crippen molar-refractivity contribution in [1.29, 1.82) is 5.26 Å². The lowest BCUT2D eigenvalue weighted by Gasteiger charge is -2.31. The van der Waals surface area contributed by atoms with Gasteiger partial charge in [-0.2, -0.15) is 5.26 Å². The SMILES string of the molecule is CC(C)(C)OC(=O)N(CCC#N)CCN1CCOCC1. The molecule has 6 nitrogen and oxygen atoms in total. The number of hydrogen-bond acceptors (Lipinski definition) is 5. The molecule has 0 spiro atoms. The van der Waals surface area contributed by atoms with E-state index in [1.807, 2.05) is 20.8 Å². The highest BCUT2D eigenvalue weighted by Crippen LogP contribution is 2.10. The molecule has 1 rings (SSSR count). The summed E-state index contributed by atoms with van der Waals surface area (Å²) in [7, 11) is 0. The summed E-state index contributed by atoms with van der Waals surface area (Å²) in [5, 5.41) is 8.69.